The number of carbonyl (C=O) groups is 1. The van der Waals surface area contributed by atoms with E-state index in [-0.39, 0.29) is 0 Å². The van der Waals surface area contributed by atoms with Crippen molar-refractivity contribution in [3.05, 3.63) is 65.5 Å². The van der Waals surface area contributed by atoms with Crippen LogP contribution in [0.2, 0.25) is 0 Å². The molecule has 2 aromatic carbocycles. The first-order chi connectivity index (χ1) is 10.7. The summed E-state index contributed by atoms with van der Waals surface area (Å²) < 4.78 is 0. The van der Waals surface area contributed by atoms with Gasteiger partial charge in [0.05, 0.1) is 16.6 Å². The van der Waals surface area contributed by atoms with Gasteiger partial charge in [-0.05, 0) is 29.8 Å². The van der Waals surface area contributed by atoms with Crippen molar-refractivity contribution < 1.29 is 9.90 Å². The van der Waals surface area contributed by atoms with E-state index in [1.54, 1.807) is 12.1 Å². The van der Waals surface area contributed by atoms with Crippen LogP contribution in [0.15, 0.2) is 48.5 Å². The predicted molar refractivity (Wildman–Crippen MR) is 84.9 cm³/mol. The summed E-state index contributed by atoms with van der Waals surface area (Å²) in [6.45, 7) is 1.51. The summed E-state index contributed by atoms with van der Waals surface area (Å²) in [5, 5.41) is 12.2. The lowest BCUT2D eigenvalue weighted by molar-refractivity contribution is 0.0697. The number of benzene rings is 2. The third-order valence-corrected chi connectivity index (χ3v) is 3.51. The van der Waals surface area contributed by atoms with Gasteiger partial charge in [0.2, 0.25) is 0 Å². The van der Waals surface area contributed by atoms with Gasteiger partial charge in [-0.2, -0.15) is 0 Å². The molecule has 0 aliphatic heterocycles. The maximum absolute atomic E-state index is 10.8. The number of nitrogens with one attached hydrogen (secondary N) is 2. The highest BCUT2D eigenvalue weighted by Crippen LogP contribution is 2.10. The zero-order valence-corrected chi connectivity index (χ0v) is 12.0. The molecule has 0 amide bonds. The van der Waals surface area contributed by atoms with Crippen LogP contribution in [0, 0.1) is 0 Å². The second-order valence-corrected chi connectivity index (χ2v) is 5.13. The van der Waals surface area contributed by atoms with Crippen LogP contribution < -0.4 is 5.32 Å². The first kappa shape index (κ1) is 14.3. The van der Waals surface area contributed by atoms with Gasteiger partial charge in [-0.15, -0.1) is 0 Å². The van der Waals surface area contributed by atoms with Gasteiger partial charge in [-0.3, -0.25) is 0 Å². The van der Waals surface area contributed by atoms with Gasteiger partial charge < -0.3 is 15.4 Å². The van der Waals surface area contributed by atoms with E-state index in [9.17, 15) is 4.79 Å². The average molecular weight is 295 g/mol. The molecule has 0 aliphatic carbocycles. The predicted octanol–water partition coefficient (Wildman–Crippen LogP) is 2.59. The zero-order chi connectivity index (χ0) is 15.4. The van der Waals surface area contributed by atoms with Gasteiger partial charge in [-0.1, -0.05) is 24.3 Å². The molecule has 1 heterocycles. The molecule has 5 heteroatoms. The van der Waals surface area contributed by atoms with Crippen LogP contribution in [0.4, 0.5) is 0 Å². The summed E-state index contributed by atoms with van der Waals surface area (Å²) in [5.74, 6) is 0.0688. The Kier molecular flexibility index (Phi) is 4.16. The fraction of sp³-hybridized carbons (Fsp3) is 0.176. The fourth-order valence-electron chi connectivity index (χ4n) is 2.33. The Hall–Kier alpha value is -2.66. The molecule has 0 saturated heterocycles. The van der Waals surface area contributed by atoms with Crippen LogP contribution in [0.25, 0.3) is 11.0 Å². The second-order valence-electron chi connectivity index (χ2n) is 5.13. The maximum Gasteiger partial charge on any atom is 0.335 e. The number of aromatic amines is 1. The Labute approximate surface area is 128 Å². The smallest absolute Gasteiger partial charge is 0.335 e. The summed E-state index contributed by atoms with van der Waals surface area (Å²) in [5.41, 5.74) is 3.42. The second kappa shape index (κ2) is 6.41. The molecule has 112 valence electrons. The molecular formula is C17H17N3O2. The number of carboxylic acid groups (broad SMARTS) is 1. The average Bonchev–Trinajstić information content (AvgIpc) is 2.95. The molecule has 3 N–H and O–H groups in total. The van der Waals surface area contributed by atoms with Crippen molar-refractivity contribution in [1.82, 2.24) is 15.3 Å². The van der Waals surface area contributed by atoms with Crippen molar-refractivity contribution in [2.24, 2.45) is 0 Å². The summed E-state index contributed by atoms with van der Waals surface area (Å²) >= 11 is 0. The van der Waals surface area contributed by atoms with Gasteiger partial charge in [0.25, 0.3) is 0 Å². The van der Waals surface area contributed by atoms with E-state index >= 15 is 0 Å². The molecule has 0 unspecified atom stereocenters. The number of aromatic nitrogens is 2. The number of fused-ring (bicyclic) bond motifs is 1. The summed E-state index contributed by atoms with van der Waals surface area (Å²) in [6.07, 6.45) is 0.821. The number of H-pyrrole nitrogens is 1. The van der Waals surface area contributed by atoms with Crippen LogP contribution >= 0.6 is 0 Å². The third kappa shape index (κ3) is 3.32. The minimum absolute atomic E-state index is 0.311. The summed E-state index contributed by atoms with van der Waals surface area (Å²) in [6, 6.07) is 14.9. The van der Waals surface area contributed by atoms with Crippen molar-refractivity contribution in [3.8, 4) is 0 Å². The van der Waals surface area contributed by atoms with E-state index in [1.165, 1.54) is 0 Å². The molecule has 0 atom stereocenters. The molecule has 22 heavy (non-hydrogen) atoms. The van der Waals surface area contributed by atoms with Crippen molar-refractivity contribution in [3.63, 3.8) is 0 Å². The molecule has 0 saturated carbocycles. The lowest BCUT2D eigenvalue weighted by Gasteiger charge is -2.04. The molecule has 0 radical (unpaired) electrons. The highest BCUT2D eigenvalue weighted by Gasteiger charge is 2.03. The molecule has 3 rings (SSSR count). The Morgan fingerprint density at radius 1 is 1.14 bits per heavy atom. The minimum Gasteiger partial charge on any atom is -0.478 e. The Morgan fingerprint density at radius 3 is 2.64 bits per heavy atom. The topological polar surface area (TPSA) is 78.0 Å². The van der Waals surface area contributed by atoms with E-state index < -0.39 is 5.97 Å². The highest BCUT2D eigenvalue weighted by atomic mass is 16.4. The first-order valence-electron chi connectivity index (χ1n) is 7.19. The van der Waals surface area contributed by atoms with Crippen LogP contribution in [0.1, 0.15) is 21.7 Å². The Balaban J connectivity index is 1.49. The zero-order valence-electron chi connectivity index (χ0n) is 12.0. The molecule has 0 fully saturated rings. The van der Waals surface area contributed by atoms with E-state index in [1.807, 2.05) is 36.4 Å². The van der Waals surface area contributed by atoms with Gasteiger partial charge in [0, 0.05) is 19.5 Å². The van der Waals surface area contributed by atoms with E-state index in [0.717, 1.165) is 35.4 Å². The Morgan fingerprint density at radius 2 is 1.91 bits per heavy atom. The molecule has 0 bridgehead atoms. The number of hydrogen-bond acceptors (Lipinski definition) is 3. The van der Waals surface area contributed by atoms with Crippen LogP contribution in [0.5, 0.6) is 0 Å². The standard InChI is InChI=1S/C17H17N3O2/c21-17(22)13-7-5-12(6-8-13)11-18-10-9-16-19-14-3-1-2-4-15(14)20-16/h1-8,18H,9-11H2,(H,19,20)(H,21,22). The fourth-order valence-corrected chi connectivity index (χ4v) is 2.33. The van der Waals surface area contributed by atoms with Gasteiger partial charge in [0.15, 0.2) is 0 Å². The number of nitrogens with zero attached hydrogens (tertiary/aromatic N) is 1. The largest absolute Gasteiger partial charge is 0.478 e. The monoisotopic (exact) mass is 295 g/mol. The number of aromatic carboxylic acids is 1. The van der Waals surface area contributed by atoms with Crippen LogP contribution in [-0.2, 0) is 13.0 Å². The normalized spacial score (nSPS) is 10.9. The molecule has 0 spiro atoms. The van der Waals surface area contributed by atoms with Gasteiger partial charge in [0.1, 0.15) is 5.82 Å². The molecule has 0 aliphatic rings. The molecule has 1 aromatic heterocycles. The number of para-hydroxylation sites is 2. The van der Waals surface area contributed by atoms with E-state index in [0.29, 0.717) is 12.1 Å². The van der Waals surface area contributed by atoms with Crippen molar-refractivity contribution in [2.45, 2.75) is 13.0 Å². The third-order valence-electron chi connectivity index (χ3n) is 3.51. The summed E-state index contributed by atoms with van der Waals surface area (Å²) in [7, 11) is 0. The quantitative estimate of drug-likeness (QED) is 0.611. The van der Waals surface area contributed by atoms with Crippen LogP contribution in [-0.4, -0.2) is 27.6 Å². The number of rotatable bonds is 6. The van der Waals surface area contributed by atoms with Gasteiger partial charge >= 0.3 is 5.97 Å². The first-order valence-corrected chi connectivity index (χ1v) is 7.19. The molecule has 3 aromatic rings. The van der Waals surface area contributed by atoms with Crippen LogP contribution in [0.3, 0.4) is 0 Å². The highest BCUT2D eigenvalue weighted by molar-refractivity contribution is 5.87. The lowest BCUT2D eigenvalue weighted by Crippen LogP contribution is -2.17. The van der Waals surface area contributed by atoms with Crippen molar-refractivity contribution >= 4 is 17.0 Å². The summed E-state index contributed by atoms with van der Waals surface area (Å²) in [4.78, 5) is 18.6. The van der Waals surface area contributed by atoms with Crippen molar-refractivity contribution in [1.29, 1.82) is 0 Å². The Bertz CT molecular complexity index is 745. The SMILES string of the molecule is O=C(O)c1ccc(CNCCc2nc3ccccc3[nH]2)cc1. The van der Waals surface area contributed by atoms with E-state index in [4.69, 9.17) is 5.11 Å². The molecule has 5 nitrogen and oxygen atoms in total. The lowest BCUT2D eigenvalue weighted by atomic mass is 10.1. The van der Waals surface area contributed by atoms with Gasteiger partial charge in [-0.25, -0.2) is 9.78 Å². The number of imidazole rings is 1. The number of carboxylic acids is 1. The minimum atomic E-state index is -0.899. The molecular weight excluding hydrogens is 278 g/mol. The van der Waals surface area contributed by atoms with E-state index in [2.05, 4.69) is 15.3 Å². The number of hydrogen-bond donors (Lipinski definition) is 3. The maximum atomic E-state index is 10.8. The van der Waals surface area contributed by atoms with Crippen molar-refractivity contribution in [2.75, 3.05) is 6.54 Å².